The van der Waals surface area contributed by atoms with Crippen LogP contribution in [0, 0.1) is 0 Å². The van der Waals surface area contributed by atoms with Crippen LogP contribution in [-0.4, -0.2) is 48.0 Å². The zero-order chi connectivity index (χ0) is 16.2. The van der Waals surface area contributed by atoms with Gasteiger partial charge in [-0.05, 0) is 43.4 Å². The van der Waals surface area contributed by atoms with Gasteiger partial charge in [-0.25, -0.2) is 0 Å². The van der Waals surface area contributed by atoms with Crippen molar-refractivity contribution in [3.63, 3.8) is 0 Å². The quantitative estimate of drug-likeness (QED) is 0.866. The second-order valence-electron chi connectivity index (χ2n) is 6.65. The molecule has 5 heteroatoms. The Morgan fingerprint density at radius 1 is 1.13 bits per heavy atom. The lowest BCUT2D eigenvalue weighted by molar-refractivity contribution is -0.0315. The van der Waals surface area contributed by atoms with Crippen molar-refractivity contribution in [2.45, 2.75) is 56.8 Å². The number of aliphatic hydroxyl groups is 1. The normalized spacial score (nSPS) is 29.1. The monoisotopic (exact) mass is 357 g/mol. The molecule has 3 atom stereocenters. The van der Waals surface area contributed by atoms with Gasteiger partial charge in [-0.3, -0.25) is 4.90 Å². The van der Waals surface area contributed by atoms with Crippen molar-refractivity contribution >= 4 is 23.2 Å². The first-order valence-electron chi connectivity index (χ1n) is 8.62. The van der Waals surface area contributed by atoms with Crippen LogP contribution in [0.5, 0.6) is 0 Å². The van der Waals surface area contributed by atoms with Gasteiger partial charge < -0.3 is 9.84 Å². The maximum Gasteiger partial charge on any atom is 0.0730 e. The number of halogens is 2. The molecular weight excluding hydrogens is 333 g/mol. The maximum atomic E-state index is 9.79. The van der Waals surface area contributed by atoms with Crippen LogP contribution in [-0.2, 0) is 11.2 Å². The molecule has 1 aliphatic carbocycles. The lowest BCUT2D eigenvalue weighted by atomic mass is 9.91. The van der Waals surface area contributed by atoms with Crippen LogP contribution in [0.1, 0.15) is 37.7 Å². The van der Waals surface area contributed by atoms with E-state index in [1.807, 2.05) is 18.2 Å². The van der Waals surface area contributed by atoms with Gasteiger partial charge in [-0.15, -0.1) is 0 Å². The van der Waals surface area contributed by atoms with E-state index in [2.05, 4.69) is 4.90 Å². The van der Waals surface area contributed by atoms with Crippen molar-refractivity contribution in [1.82, 2.24) is 4.90 Å². The number of ether oxygens (including phenoxy) is 1. The molecule has 1 unspecified atom stereocenters. The third-order valence-corrected chi connectivity index (χ3v) is 5.79. The summed E-state index contributed by atoms with van der Waals surface area (Å²) in [6.45, 7) is 2.42. The van der Waals surface area contributed by atoms with Crippen LogP contribution < -0.4 is 0 Å². The Balaban J connectivity index is 1.55. The number of hydrogen-bond donors (Lipinski definition) is 1. The van der Waals surface area contributed by atoms with Gasteiger partial charge in [0.25, 0.3) is 0 Å². The minimum Gasteiger partial charge on any atom is -0.392 e. The average Bonchev–Trinajstić information content (AvgIpc) is 2.97. The molecule has 23 heavy (non-hydrogen) atoms. The summed E-state index contributed by atoms with van der Waals surface area (Å²) >= 11 is 12.4. The SMILES string of the molecule is OC1CCN([C@H]2CCCC[C@@H]2OCCc2c(Cl)cccc2Cl)C1. The Labute approximate surface area is 148 Å². The summed E-state index contributed by atoms with van der Waals surface area (Å²) in [7, 11) is 0. The van der Waals surface area contributed by atoms with Crippen LogP contribution in [0.2, 0.25) is 10.0 Å². The number of aliphatic hydroxyl groups excluding tert-OH is 1. The van der Waals surface area contributed by atoms with E-state index in [0.29, 0.717) is 22.7 Å². The highest BCUT2D eigenvalue weighted by atomic mass is 35.5. The van der Waals surface area contributed by atoms with E-state index in [9.17, 15) is 5.11 Å². The van der Waals surface area contributed by atoms with E-state index in [1.165, 1.54) is 19.3 Å². The van der Waals surface area contributed by atoms with Crippen molar-refractivity contribution < 1.29 is 9.84 Å². The molecule has 1 aromatic rings. The molecule has 0 spiro atoms. The first-order chi connectivity index (χ1) is 11.1. The second kappa shape index (κ2) is 8.17. The predicted molar refractivity (Wildman–Crippen MR) is 94.4 cm³/mol. The molecule has 2 fully saturated rings. The summed E-state index contributed by atoms with van der Waals surface area (Å²) in [5.74, 6) is 0. The lowest BCUT2D eigenvalue weighted by Gasteiger charge is -2.37. The molecule has 1 saturated carbocycles. The van der Waals surface area contributed by atoms with Crippen LogP contribution in [0.15, 0.2) is 18.2 Å². The zero-order valence-electron chi connectivity index (χ0n) is 13.4. The van der Waals surface area contributed by atoms with Crippen molar-refractivity contribution in [3.05, 3.63) is 33.8 Å². The lowest BCUT2D eigenvalue weighted by Crippen LogP contribution is -2.46. The van der Waals surface area contributed by atoms with Crippen molar-refractivity contribution in [3.8, 4) is 0 Å². The third-order valence-electron chi connectivity index (χ3n) is 5.08. The minimum atomic E-state index is -0.167. The molecular formula is C18H25Cl2NO2. The molecule has 1 N–H and O–H groups in total. The molecule has 2 aliphatic rings. The Morgan fingerprint density at radius 3 is 2.57 bits per heavy atom. The van der Waals surface area contributed by atoms with Crippen LogP contribution >= 0.6 is 23.2 Å². The van der Waals surface area contributed by atoms with Gasteiger partial charge in [0.05, 0.1) is 18.8 Å². The maximum absolute atomic E-state index is 9.79. The highest BCUT2D eigenvalue weighted by Gasteiger charge is 2.34. The summed E-state index contributed by atoms with van der Waals surface area (Å²) in [4.78, 5) is 2.41. The predicted octanol–water partition coefficient (Wildman–Crippen LogP) is 3.93. The van der Waals surface area contributed by atoms with E-state index in [4.69, 9.17) is 27.9 Å². The first kappa shape index (κ1) is 17.5. The number of likely N-dealkylation sites (tertiary alicyclic amines) is 1. The summed E-state index contributed by atoms with van der Waals surface area (Å²) in [6.07, 6.45) is 6.48. The van der Waals surface area contributed by atoms with E-state index < -0.39 is 0 Å². The fourth-order valence-electron chi connectivity index (χ4n) is 3.84. The summed E-state index contributed by atoms with van der Waals surface area (Å²) in [5.41, 5.74) is 0.972. The topological polar surface area (TPSA) is 32.7 Å². The molecule has 0 aromatic heterocycles. The van der Waals surface area contributed by atoms with Gasteiger partial charge in [-0.1, -0.05) is 42.1 Å². The van der Waals surface area contributed by atoms with Crippen molar-refractivity contribution in [2.75, 3.05) is 19.7 Å². The highest BCUT2D eigenvalue weighted by molar-refractivity contribution is 6.35. The molecule has 3 nitrogen and oxygen atoms in total. The fraction of sp³-hybridized carbons (Fsp3) is 0.667. The molecule has 0 radical (unpaired) electrons. The second-order valence-corrected chi connectivity index (χ2v) is 7.46. The van der Waals surface area contributed by atoms with Gasteiger partial charge in [0, 0.05) is 29.2 Å². The molecule has 1 aromatic carbocycles. The summed E-state index contributed by atoms with van der Waals surface area (Å²) in [5, 5.41) is 11.2. The fourth-order valence-corrected chi connectivity index (χ4v) is 4.43. The molecule has 1 saturated heterocycles. The van der Waals surface area contributed by atoms with E-state index in [-0.39, 0.29) is 12.2 Å². The Bertz CT molecular complexity index is 505. The van der Waals surface area contributed by atoms with Gasteiger partial charge in [0.1, 0.15) is 0 Å². The first-order valence-corrected chi connectivity index (χ1v) is 9.37. The van der Waals surface area contributed by atoms with Gasteiger partial charge in [-0.2, -0.15) is 0 Å². The largest absolute Gasteiger partial charge is 0.392 e. The molecule has 128 valence electrons. The highest BCUT2D eigenvalue weighted by Crippen LogP contribution is 2.29. The molecule has 3 rings (SSSR count). The number of rotatable bonds is 5. The zero-order valence-corrected chi connectivity index (χ0v) is 14.9. The van der Waals surface area contributed by atoms with E-state index >= 15 is 0 Å². The Morgan fingerprint density at radius 2 is 1.87 bits per heavy atom. The van der Waals surface area contributed by atoms with Crippen LogP contribution in [0.3, 0.4) is 0 Å². The summed E-state index contributed by atoms with van der Waals surface area (Å²) < 4.78 is 6.22. The molecule has 0 bridgehead atoms. The van der Waals surface area contributed by atoms with Crippen molar-refractivity contribution in [1.29, 1.82) is 0 Å². The smallest absolute Gasteiger partial charge is 0.0730 e. The number of nitrogens with zero attached hydrogens (tertiary/aromatic N) is 1. The third kappa shape index (κ3) is 4.40. The number of hydrogen-bond acceptors (Lipinski definition) is 3. The molecule has 1 aliphatic heterocycles. The summed E-state index contributed by atoms with van der Waals surface area (Å²) in [6, 6.07) is 6.06. The number of benzene rings is 1. The van der Waals surface area contributed by atoms with Crippen molar-refractivity contribution in [2.24, 2.45) is 0 Å². The van der Waals surface area contributed by atoms with Gasteiger partial charge in [0.2, 0.25) is 0 Å². The molecule has 0 amide bonds. The van der Waals surface area contributed by atoms with Crippen LogP contribution in [0.25, 0.3) is 0 Å². The van der Waals surface area contributed by atoms with Gasteiger partial charge >= 0.3 is 0 Å². The number of β-amino-alcohol motifs (C(OH)–C–C–N with tert-alkyl or cyclic N) is 1. The van der Waals surface area contributed by atoms with Gasteiger partial charge in [0.15, 0.2) is 0 Å². The van der Waals surface area contributed by atoms with E-state index in [1.54, 1.807) is 0 Å². The van der Waals surface area contributed by atoms with Crippen LogP contribution in [0.4, 0.5) is 0 Å². The molecule has 1 heterocycles. The van der Waals surface area contributed by atoms with E-state index in [0.717, 1.165) is 37.9 Å². The Hall–Kier alpha value is -0.320. The minimum absolute atomic E-state index is 0.167. The Kier molecular flexibility index (Phi) is 6.22. The standard InChI is InChI=1S/C18H25Cl2NO2/c19-15-4-3-5-16(20)14(15)9-11-23-18-7-2-1-6-17(18)21-10-8-13(22)12-21/h3-5,13,17-18,22H,1-2,6-12H2/t13?,17-,18-/m0/s1. The average molecular weight is 358 g/mol.